The van der Waals surface area contributed by atoms with Crippen molar-refractivity contribution in [2.45, 2.75) is 6.54 Å². The third-order valence-corrected chi connectivity index (χ3v) is 3.95. The summed E-state index contributed by atoms with van der Waals surface area (Å²) in [5.74, 6) is 2.90. The van der Waals surface area contributed by atoms with Gasteiger partial charge in [0.05, 0.1) is 25.5 Å². The van der Waals surface area contributed by atoms with Crippen LogP contribution in [0.2, 0.25) is 0 Å². The molecule has 0 aliphatic heterocycles. The molecule has 0 atom stereocenters. The normalized spacial score (nSPS) is 9.97. The van der Waals surface area contributed by atoms with Gasteiger partial charge >= 0.3 is 12.0 Å². The van der Waals surface area contributed by atoms with Gasteiger partial charge < -0.3 is 15.4 Å². The van der Waals surface area contributed by atoms with Crippen LogP contribution >= 0.6 is 0 Å². The minimum Gasteiger partial charge on any atom is -0.465 e. The minimum absolute atomic E-state index is 0.125. The van der Waals surface area contributed by atoms with E-state index >= 15 is 0 Å². The van der Waals surface area contributed by atoms with E-state index in [2.05, 4.69) is 37.4 Å². The molecule has 0 fully saturated rings. The van der Waals surface area contributed by atoms with Crippen LogP contribution in [0.1, 0.15) is 27.2 Å². The summed E-state index contributed by atoms with van der Waals surface area (Å²) in [6.07, 6.45) is 1.25. The number of benzene rings is 2. The van der Waals surface area contributed by atoms with E-state index in [4.69, 9.17) is 0 Å². The highest BCUT2D eigenvalue weighted by Crippen LogP contribution is 2.20. The summed E-state index contributed by atoms with van der Waals surface area (Å²) in [6.45, 7) is -0.139. The lowest BCUT2D eigenvalue weighted by Gasteiger charge is -2.10. The highest BCUT2D eigenvalue weighted by atomic mass is 19.1. The predicted molar refractivity (Wildman–Crippen MR) is 105 cm³/mol. The number of amides is 2. The summed E-state index contributed by atoms with van der Waals surface area (Å²) in [5.41, 5.74) is 0.626. The molecule has 1 aromatic heterocycles. The number of hydrogen-bond acceptors (Lipinski definition) is 4. The number of halogens is 2. The van der Waals surface area contributed by atoms with Crippen LogP contribution in [0.4, 0.5) is 19.3 Å². The number of ether oxygens (including phenoxy) is 1. The first-order valence-electron chi connectivity index (χ1n) is 8.69. The molecule has 3 N–H and O–H groups in total. The zero-order chi connectivity index (χ0) is 21.5. The number of urea groups is 1. The van der Waals surface area contributed by atoms with Crippen molar-refractivity contribution in [3.63, 3.8) is 0 Å². The molecule has 3 rings (SSSR count). The van der Waals surface area contributed by atoms with Crippen LogP contribution in [0.15, 0.2) is 48.7 Å². The lowest BCUT2D eigenvalue weighted by molar-refractivity contribution is 0.0599. The van der Waals surface area contributed by atoms with Gasteiger partial charge in [-0.25, -0.2) is 18.4 Å². The van der Waals surface area contributed by atoms with Crippen molar-refractivity contribution in [1.29, 1.82) is 0 Å². The Kier molecular flexibility index (Phi) is 6.39. The SMILES string of the molecule is COC(=O)c1cn[nH]c1CNC(=O)Nc1c(F)cc(C#Cc2ccccc2)cc1F. The highest BCUT2D eigenvalue weighted by Gasteiger charge is 2.17. The van der Waals surface area contributed by atoms with Crippen LogP contribution in [0.5, 0.6) is 0 Å². The molecule has 0 saturated heterocycles. The number of aromatic amines is 1. The van der Waals surface area contributed by atoms with Gasteiger partial charge in [-0.05, 0) is 24.3 Å². The number of nitrogens with one attached hydrogen (secondary N) is 3. The third-order valence-electron chi connectivity index (χ3n) is 3.95. The Balaban J connectivity index is 1.67. The number of esters is 1. The lowest BCUT2D eigenvalue weighted by atomic mass is 10.1. The van der Waals surface area contributed by atoms with Gasteiger partial charge in [-0.3, -0.25) is 5.10 Å². The second kappa shape index (κ2) is 9.34. The topological polar surface area (TPSA) is 96.1 Å². The Hall–Kier alpha value is -4.19. The number of nitrogens with zero attached hydrogens (tertiary/aromatic N) is 1. The van der Waals surface area contributed by atoms with E-state index in [0.29, 0.717) is 5.56 Å². The van der Waals surface area contributed by atoms with Gasteiger partial charge in [-0.2, -0.15) is 5.10 Å². The van der Waals surface area contributed by atoms with E-state index in [1.54, 1.807) is 24.3 Å². The van der Waals surface area contributed by atoms with Crippen molar-refractivity contribution in [2.24, 2.45) is 0 Å². The zero-order valence-electron chi connectivity index (χ0n) is 15.8. The van der Waals surface area contributed by atoms with Crippen molar-refractivity contribution in [1.82, 2.24) is 15.5 Å². The van der Waals surface area contributed by atoms with E-state index in [-0.39, 0.29) is 23.4 Å². The maximum Gasteiger partial charge on any atom is 0.341 e. The molecule has 0 aliphatic rings. The van der Waals surface area contributed by atoms with Gasteiger partial charge in [-0.1, -0.05) is 30.0 Å². The maximum absolute atomic E-state index is 14.3. The Morgan fingerprint density at radius 3 is 2.43 bits per heavy atom. The first kappa shape index (κ1) is 20.5. The summed E-state index contributed by atoms with van der Waals surface area (Å²) < 4.78 is 33.2. The van der Waals surface area contributed by atoms with Crippen LogP contribution in [0.25, 0.3) is 0 Å². The first-order chi connectivity index (χ1) is 14.5. The fourth-order valence-corrected chi connectivity index (χ4v) is 2.49. The number of H-pyrrole nitrogens is 1. The highest BCUT2D eigenvalue weighted by molar-refractivity contribution is 5.91. The molecule has 0 unspecified atom stereocenters. The molecule has 2 amide bonds. The van der Waals surface area contributed by atoms with E-state index in [0.717, 1.165) is 12.1 Å². The van der Waals surface area contributed by atoms with Gasteiger partial charge in [0.15, 0.2) is 11.6 Å². The van der Waals surface area contributed by atoms with Crippen LogP contribution in [0.3, 0.4) is 0 Å². The van der Waals surface area contributed by atoms with Gasteiger partial charge in [0.25, 0.3) is 0 Å². The summed E-state index contributed by atoms with van der Waals surface area (Å²) in [7, 11) is 1.21. The minimum atomic E-state index is -0.973. The van der Waals surface area contributed by atoms with Gasteiger partial charge in [0.1, 0.15) is 11.3 Å². The van der Waals surface area contributed by atoms with Crippen LogP contribution in [0, 0.1) is 23.5 Å². The van der Waals surface area contributed by atoms with Crippen LogP contribution in [-0.4, -0.2) is 29.3 Å². The first-order valence-corrected chi connectivity index (χ1v) is 8.69. The van der Waals surface area contributed by atoms with Crippen molar-refractivity contribution in [3.05, 3.63) is 82.7 Å². The molecular weight excluding hydrogens is 394 g/mol. The quantitative estimate of drug-likeness (QED) is 0.455. The van der Waals surface area contributed by atoms with Gasteiger partial charge in [0.2, 0.25) is 0 Å². The monoisotopic (exact) mass is 410 g/mol. The Morgan fingerprint density at radius 2 is 1.77 bits per heavy atom. The maximum atomic E-state index is 14.3. The van der Waals surface area contributed by atoms with E-state index in [9.17, 15) is 18.4 Å². The van der Waals surface area contributed by atoms with Gasteiger partial charge in [0, 0.05) is 11.1 Å². The number of rotatable bonds is 4. The summed E-state index contributed by atoms with van der Waals surface area (Å²) in [4.78, 5) is 23.6. The molecule has 2 aromatic carbocycles. The second-order valence-electron chi connectivity index (χ2n) is 5.99. The number of hydrogen-bond donors (Lipinski definition) is 3. The molecule has 9 heteroatoms. The van der Waals surface area contributed by atoms with E-state index in [1.807, 2.05) is 6.07 Å². The molecule has 0 radical (unpaired) electrons. The molecule has 3 aromatic rings. The largest absolute Gasteiger partial charge is 0.465 e. The summed E-state index contributed by atoms with van der Waals surface area (Å²) >= 11 is 0. The molecule has 152 valence electrons. The standard InChI is InChI=1S/C21H16F2N4O3/c1-30-20(28)15-11-25-27-18(15)12-24-21(29)26-19-16(22)9-14(10-17(19)23)8-7-13-5-3-2-4-6-13/h2-6,9-11H,12H2,1H3,(H,25,27)(H2,24,26,29). The summed E-state index contributed by atoms with van der Waals surface area (Å²) in [5, 5.41) is 10.7. The lowest BCUT2D eigenvalue weighted by Crippen LogP contribution is -2.29. The van der Waals surface area contributed by atoms with Crippen molar-refractivity contribution >= 4 is 17.7 Å². The van der Waals surface area contributed by atoms with Crippen molar-refractivity contribution in [2.75, 3.05) is 12.4 Å². The molecule has 7 nitrogen and oxygen atoms in total. The Morgan fingerprint density at radius 1 is 1.10 bits per heavy atom. The zero-order valence-corrected chi connectivity index (χ0v) is 15.8. The molecule has 0 saturated carbocycles. The number of anilines is 1. The Labute approximate surface area is 170 Å². The number of carbonyl (C=O) groups is 2. The second-order valence-corrected chi connectivity index (χ2v) is 5.99. The average molecular weight is 410 g/mol. The van der Waals surface area contributed by atoms with E-state index in [1.165, 1.54) is 13.3 Å². The van der Waals surface area contributed by atoms with Crippen LogP contribution in [-0.2, 0) is 11.3 Å². The fraction of sp³-hybridized carbons (Fsp3) is 0.0952. The number of aromatic nitrogens is 2. The summed E-state index contributed by atoms with van der Waals surface area (Å²) in [6, 6.07) is 10.1. The van der Waals surface area contributed by atoms with Crippen molar-refractivity contribution in [3.8, 4) is 11.8 Å². The molecular formula is C21H16F2N4O3. The fourth-order valence-electron chi connectivity index (χ4n) is 2.49. The smallest absolute Gasteiger partial charge is 0.341 e. The van der Waals surface area contributed by atoms with Gasteiger partial charge in [-0.15, -0.1) is 0 Å². The molecule has 0 spiro atoms. The predicted octanol–water partition coefficient (Wildman–Crippen LogP) is 3.20. The number of carbonyl (C=O) groups excluding carboxylic acids is 2. The average Bonchev–Trinajstić information content (AvgIpc) is 3.22. The number of methoxy groups -OCH3 is 1. The van der Waals surface area contributed by atoms with Crippen LogP contribution < -0.4 is 10.6 Å². The molecule has 1 heterocycles. The molecule has 0 aliphatic carbocycles. The van der Waals surface area contributed by atoms with Crippen molar-refractivity contribution < 1.29 is 23.1 Å². The van der Waals surface area contributed by atoms with E-state index < -0.39 is 29.3 Å². The Bertz CT molecular complexity index is 1110. The molecule has 0 bridgehead atoms. The molecule has 30 heavy (non-hydrogen) atoms. The third kappa shape index (κ3) is 4.99.